The molecule has 2 unspecified atom stereocenters. The third-order valence-electron chi connectivity index (χ3n) is 3.67. The summed E-state index contributed by atoms with van der Waals surface area (Å²) in [5.41, 5.74) is 2.15. The first-order chi connectivity index (χ1) is 9.97. The molecule has 0 spiro atoms. The fourth-order valence-electron chi connectivity index (χ4n) is 2.49. The van der Waals surface area contributed by atoms with E-state index < -0.39 is 0 Å². The van der Waals surface area contributed by atoms with Crippen molar-refractivity contribution < 1.29 is 4.39 Å². The molecule has 0 heterocycles. The predicted molar refractivity (Wildman–Crippen MR) is 87.0 cm³/mol. The Balaban J connectivity index is 2.18. The van der Waals surface area contributed by atoms with Gasteiger partial charge < -0.3 is 5.32 Å². The van der Waals surface area contributed by atoms with E-state index in [1.807, 2.05) is 30.3 Å². The molecule has 0 saturated heterocycles. The maximum atomic E-state index is 13.3. The maximum Gasteiger partial charge on any atom is 0.123 e. The predicted octanol–water partition coefficient (Wildman–Crippen LogP) is 5.53. The molecule has 1 nitrogen and oxygen atoms in total. The van der Waals surface area contributed by atoms with Crippen LogP contribution in [-0.4, -0.2) is 0 Å². The number of hydrogen-bond donors (Lipinski definition) is 1. The summed E-state index contributed by atoms with van der Waals surface area (Å²) in [5.74, 6) is 0.218. The van der Waals surface area contributed by atoms with Gasteiger partial charge in [0.2, 0.25) is 0 Å². The average molecular weight is 306 g/mol. The van der Waals surface area contributed by atoms with Crippen LogP contribution in [0.1, 0.15) is 44.0 Å². The van der Waals surface area contributed by atoms with E-state index in [1.54, 1.807) is 12.1 Å². The van der Waals surface area contributed by atoms with Gasteiger partial charge in [0.15, 0.2) is 0 Å². The van der Waals surface area contributed by atoms with E-state index in [0.717, 1.165) is 10.6 Å². The van der Waals surface area contributed by atoms with Crippen LogP contribution >= 0.6 is 11.6 Å². The third kappa shape index (κ3) is 4.29. The summed E-state index contributed by atoms with van der Waals surface area (Å²) in [5, 5.41) is 4.32. The van der Waals surface area contributed by atoms with Gasteiger partial charge in [0.05, 0.1) is 0 Å². The van der Waals surface area contributed by atoms with Crippen molar-refractivity contribution in [2.75, 3.05) is 0 Å². The molecule has 2 aromatic rings. The summed E-state index contributed by atoms with van der Waals surface area (Å²) in [6, 6.07) is 14.9. The average Bonchev–Trinajstić information content (AvgIpc) is 2.45. The summed E-state index contributed by atoms with van der Waals surface area (Å²) in [4.78, 5) is 0. The number of hydrogen-bond acceptors (Lipinski definition) is 1. The van der Waals surface area contributed by atoms with Gasteiger partial charge in [-0.3, -0.25) is 0 Å². The van der Waals surface area contributed by atoms with Crippen LogP contribution in [0.25, 0.3) is 0 Å². The Morgan fingerprint density at radius 2 is 1.62 bits per heavy atom. The Morgan fingerprint density at radius 1 is 0.952 bits per heavy atom. The molecule has 3 heteroatoms. The molecule has 0 saturated carbocycles. The fourth-order valence-corrected chi connectivity index (χ4v) is 2.61. The van der Waals surface area contributed by atoms with Crippen LogP contribution < -0.4 is 5.32 Å². The van der Waals surface area contributed by atoms with Crippen LogP contribution in [-0.2, 0) is 0 Å². The SMILES string of the molecule is CC(NC(c1ccc(Cl)cc1)C(C)C)c1cccc(F)c1. The van der Waals surface area contributed by atoms with Gasteiger partial charge in [-0.05, 0) is 48.2 Å². The molecular formula is C18H21ClFN. The summed E-state index contributed by atoms with van der Waals surface area (Å²) in [6.07, 6.45) is 0. The Morgan fingerprint density at radius 3 is 2.19 bits per heavy atom. The highest BCUT2D eigenvalue weighted by Crippen LogP contribution is 2.27. The van der Waals surface area contributed by atoms with E-state index in [0.29, 0.717) is 5.92 Å². The molecule has 0 aliphatic rings. The molecule has 2 atom stereocenters. The van der Waals surface area contributed by atoms with Crippen molar-refractivity contribution in [2.24, 2.45) is 5.92 Å². The standard InChI is InChI=1S/C18H21ClFN/c1-12(2)18(14-7-9-16(19)10-8-14)21-13(3)15-5-4-6-17(20)11-15/h4-13,18,21H,1-3H3. The van der Waals surface area contributed by atoms with Crippen molar-refractivity contribution in [1.82, 2.24) is 5.32 Å². The quantitative estimate of drug-likeness (QED) is 0.766. The molecule has 112 valence electrons. The second kappa shape index (κ2) is 7.06. The van der Waals surface area contributed by atoms with Gasteiger partial charge in [-0.2, -0.15) is 0 Å². The van der Waals surface area contributed by atoms with Gasteiger partial charge in [-0.15, -0.1) is 0 Å². The third-order valence-corrected chi connectivity index (χ3v) is 3.93. The van der Waals surface area contributed by atoms with Crippen LogP contribution in [0.5, 0.6) is 0 Å². The second-order valence-electron chi connectivity index (χ2n) is 5.72. The minimum atomic E-state index is -0.200. The lowest BCUT2D eigenvalue weighted by atomic mass is 9.94. The molecule has 0 aliphatic carbocycles. The Bertz CT molecular complexity index is 580. The molecule has 2 aromatic carbocycles. The monoisotopic (exact) mass is 305 g/mol. The maximum absolute atomic E-state index is 13.3. The van der Waals surface area contributed by atoms with Gasteiger partial charge in [0, 0.05) is 17.1 Å². The summed E-state index contributed by atoms with van der Waals surface area (Å²) in [7, 11) is 0. The molecule has 0 aromatic heterocycles. The highest BCUT2D eigenvalue weighted by molar-refractivity contribution is 6.30. The van der Waals surface area contributed by atoms with E-state index in [4.69, 9.17) is 11.6 Å². The lowest BCUT2D eigenvalue weighted by Crippen LogP contribution is -2.28. The molecular weight excluding hydrogens is 285 g/mol. The Hall–Kier alpha value is -1.38. The van der Waals surface area contributed by atoms with Crippen LogP contribution in [0.15, 0.2) is 48.5 Å². The summed E-state index contributed by atoms with van der Waals surface area (Å²) < 4.78 is 13.3. The zero-order valence-electron chi connectivity index (χ0n) is 12.6. The fraction of sp³-hybridized carbons (Fsp3) is 0.333. The zero-order valence-corrected chi connectivity index (χ0v) is 13.4. The largest absolute Gasteiger partial charge is 0.303 e. The second-order valence-corrected chi connectivity index (χ2v) is 6.15. The van der Waals surface area contributed by atoms with Crippen molar-refractivity contribution in [1.29, 1.82) is 0 Å². The lowest BCUT2D eigenvalue weighted by Gasteiger charge is -2.27. The van der Waals surface area contributed by atoms with Crippen LogP contribution in [0.3, 0.4) is 0 Å². The molecule has 0 aliphatic heterocycles. The van der Waals surface area contributed by atoms with Gasteiger partial charge >= 0.3 is 0 Å². The van der Waals surface area contributed by atoms with E-state index >= 15 is 0 Å². The summed E-state index contributed by atoms with van der Waals surface area (Å²) in [6.45, 7) is 6.40. The van der Waals surface area contributed by atoms with Crippen LogP contribution in [0, 0.1) is 11.7 Å². The van der Waals surface area contributed by atoms with Crippen LogP contribution in [0.2, 0.25) is 5.02 Å². The van der Waals surface area contributed by atoms with E-state index in [9.17, 15) is 4.39 Å². The van der Waals surface area contributed by atoms with Crippen molar-refractivity contribution in [3.05, 3.63) is 70.5 Å². The first-order valence-corrected chi connectivity index (χ1v) is 7.62. The minimum absolute atomic E-state index is 0.0729. The zero-order chi connectivity index (χ0) is 15.4. The number of benzene rings is 2. The van der Waals surface area contributed by atoms with E-state index in [-0.39, 0.29) is 17.9 Å². The van der Waals surface area contributed by atoms with Crippen molar-refractivity contribution >= 4 is 11.6 Å². The number of halogens is 2. The van der Waals surface area contributed by atoms with Crippen molar-refractivity contribution in [3.63, 3.8) is 0 Å². The van der Waals surface area contributed by atoms with Crippen molar-refractivity contribution in [3.8, 4) is 0 Å². The van der Waals surface area contributed by atoms with Crippen LogP contribution in [0.4, 0.5) is 4.39 Å². The smallest absolute Gasteiger partial charge is 0.123 e. The molecule has 0 radical (unpaired) electrons. The first kappa shape index (κ1) is 16.0. The van der Waals surface area contributed by atoms with Gasteiger partial charge in [0.1, 0.15) is 5.82 Å². The minimum Gasteiger partial charge on any atom is -0.303 e. The molecule has 0 fully saturated rings. The highest BCUT2D eigenvalue weighted by Gasteiger charge is 2.18. The highest BCUT2D eigenvalue weighted by atomic mass is 35.5. The lowest BCUT2D eigenvalue weighted by molar-refractivity contribution is 0.374. The Labute approximate surface area is 131 Å². The van der Waals surface area contributed by atoms with Gasteiger partial charge in [-0.25, -0.2) is 4.39 Å². The van der Waals surface area contributed by atoms with Gasteiger partial charge in [-0.1, -0.05) is 49.7 Å². The normalized spacial score (nSPS) is 14.2. The first-order valence-electron chi connectivity index (χ1n) is 7.24. The molecule has 2 rings (SSSR count). The van der Waals surface area contributed by atoms with E-state index in [2.05, 4.69) is 26.1 Å². The topological polar surface area (TPSA) is 12.0 Å². The van der Waals surface area contributed by atoms with Gasteiger partial charge in [0.25, 0.3) is 0 Å². The number of rotatable bonds is 5. The molecule has 0 bridgehead atoms. The van der Waals surface area contributed by atoms with Crippen molar-refractivity contribution in [2.45, 2.75) is 32.9 Å². The molecule has 0 amide bonds. The number of nitrogens with one attached hydrogen (secondary N) is 1. The summed E-state index contributed by atoms with van der Waals surface area (Å²) >= 11 is 5.95. The molecule has 21 heavy (non-hydrogen) atoms. The Kier molecular flexibility index (Phi) is 5.38. The van der Waals surface area contributed by atoms with E-state index in [1.165, 1.54) is 11.6 Å². The molecule has 1 N–H and O–H groups in total.